The van der Waals surface area contributed by atoms with Gasteiger partial charge in [0.15, 0.2) is 0 Å². The van der Waals surface area contributed by atoms with Crippen LogP contribution in [0, 0.1) is 0 Å². The van der Waals surface area contributed by atoms with E-state index >= 15 is 0 Å². The average Bonchev–Trinajstić information content (AvgIpc) is 2.45. The molecular formula is C10H16O3. The number of hydrogen-bond donors (Lipinski definition) is 0. The molecule has 1 unspecified atom stereocenters. The summed E-state index contributed by atoms with van der Waals surface area (Å²) in [5.41, 5.74) is 0. The fourth-order valence-corrected chi connectivity index (χ4v) is 1.34. The van der Waals surface area contributed by atoms with Gasteiger partial charge in [-0.1, -0.05) is 6.58 Å². The smallest absolute Gasteiger partial charge is 0.306 e. The molecule has 1 rings (SSSR count). The van der Waals surface area contributed by atoms with Crippen molar-refractivity contribution in [2.75, 3.05) is 6.61 Å². The highest BCUT2D eigenvalue weighted by Crippen LogP contribution is 2.18. The minimum Gasteiger partial charge on any atom is -0.499 e. The highest BCUT2D eigenvalue weighted by atomic mass is 16.5. The number of ether oxygens (including phenoxy) is 2. The third-order valence-corrected chi connectivity index (χ3v) is 1.99. The largest absolute Gasteiger partial charge is 0.499 e. The minimum atomic E-state index is -0.0641. The molecule has 0 aromatic carbocycles. The summed E-state index contributed by atoms with van der Waals surface area (Å²) in [7, 11) is 0. The summed E-state index contributed by atoms with van der Waals surface area (Å²) >= 11 is 0. The second kappa shape index (κ2) is 4.90. The number of carbonyl (C=O) groups is 1. The Bertz CT molecular complexity index is 198. The zero-order valence-corrected chi connectivity index (χ0v) is 8.04. The van der Waals surface area contributed by atoms with E-state index in [1.165, 1.54) is 0 Å². The molecule has 1 aliphatic heterocycles. The normalized spacial score (nSPS) is 21.3. The lowest BCUT2D eigenvalue weighted by atomic mass is 10.1. The van der Waals surface area contributed by atoms with Crippen LogP contribution in [0.5, 0.6) is 0 Å². The van der Waals surface area contributed by atoms with E-state index in [9.17, 15) is 4.79 Å². The number of carbonyl (C=O) groups excluding carboxylic acids is 1. The van der Waals surface area contributed by atoms with E-state index in [2.05, 4.69) is 6.58 Å². The van der Waals surface area contributed by atoms with E-state index in [0.29, 0.717) is 13.0 Å². The van der Waals surface area contributed by atoms with Gasteiger partial charge in [0.25, 0.3) is 0 Å². The van der Waals surface area contributed by atoms with Crippen LogP contribution in [-0.2, 0) is 14.3 Å². The molecule has 1 heterocycles. The van der Waals surface area contributed by atoms with E-state index in [1.807, 2.05) is 6.92 Å². The zero-order valence-electron chi connectivity index (χ0n) is 8.04. The summed E-state index contributed by atoms with van der Waals surface area (Å²) in [6, 6.07) is 0. The second-order valence-electron chi connectivity index (χ2n) is 3.34. The molecule has 1 fully saturated rings. The minimum absolute atomic E-state index is 0.0641. The molecule has 0 aromatic rings. The zero-order chi connectivity index (χ0) is 9.68. The first-order valence-corrected chi connectivity index (χ1v) is 4.66. The van der Waals surface area contributed by atoms with Crippen molar-refractivity contribution in [3.63, 3.8) is 0 Å². The van der Waals surface area contributed by atoms with E-state index in [4.69, 9.17) is 9.47 Å². The van der Waals surface area contributed by atoms with E-state index in [1.54, 1.807) is 0 Å². The Morgan fingerprint density at radius 2 is 2.54 bits per heavy atom. The molecule has 1 saturated heterocycles. The molecule has 0 radical (unpaired) electrons. The van der Waals surface area contributed by atoms with Crippen molar-refractivity contribution < 1.29 is 14.3 Å². The van der Waals surface area contributed by atoms with Gasteiger partial charge in [-0.2, -0.15) is 0 Å². The third-order valence-electron chi connectivity index (χ3n) is 1.99. The number of allylic oxidation sites excluding steroid dienone is 1. The first-order valence-electron chi connectivity index (χ1n) is 4.66. The molecule has 1 atom stereocenters. The molecule has 1 aliphatic rings. The van der Waals surface area contributed by atoms with Crippen LogP contribution in [-0.4, -0.2) is 18.7 Å². The number of rotatable bonds is 5. The summed E-state index contributed by atoms with van der Waals surface area (Å²) in [5.74, 6) is 0.675. The van der Waals surface area contributed by atoms with Crippen molar-refractivity contribution in [1.29, 1.82) is 0 Å². The number of esters is 1. The van der Waals surface area contributed by atoms with Gasteiger partial charge in [-0.05, 0) is 26.2 Å². The Kier molecular flexibility index (Phi) is 3.80. The lowest BCUT2D eigenvalue weighted by Crippen LogP contribution is -2.07. The Morgan fingerprint density at radius 1 is 1.77 bits per heavy atom. The third kappa shape index (κ3) is 3.97. The van der Waals surface area contributed by atoms with Crippen molar-refractivity contribution in [2.24, 2.45) is 0 Å². The first kappa shape index (κ1) is 10.1. The van der Waals surface area contributed by atoms with Gasteiger partial charge < -0.3 is 9.47 Å². The maximum absolute atomic E-state index is 10.7. The molecule has 0 aliphatic carbocycles. The van der Waals surface area contributed by atoms with Crippen molar-refractivity contribution >= 4 is 5.97 Å². The SMILES string of the molecule is C=C(C)OCCCC1CCC(=O)O1. The summed E-state index contributed by atoms with van der Waals surface area (Å²) in [6.07, 6.45) is 3.39. The number of cyclic esters (lactones) is 1. The number of hydrogen-bond acceptors (Lipinski definition) is 3. The molecule has 74 valence electrons. The van der Waals surface area contributed by atoms with Crippen LogP contribution < -0.4 is 0 Å². The predicted molar refractivity (Wildman–Crippen MR) is 49.1 cm³/mol. The highest BCUT2D eigenvalue weighted by Gasteiger charge is 2.22. The summed E-state index contributed by atoms with van der Waals surface area (Å²) in [5, 5.41) is 0. The van der Waals surface area contributed by atoms with Crippen LogP contribution in [0.4, 0.5) is 0 Å². The van der Waals surface area contributed by atoms with Gasteiger partial charge in [0.2, 0.25) is 0 Å². The molecule has 3 nitrogen and oxygen atoms in total. The van der Waals surface area contributed by atoms with Gasteiger partial charge in [-0.15, -0.1) is 0 Å². The van der Waals surface area contributed by atoms with Crippen LogP contribution in [0.25, 0.3) is 0 Å². The van der Waals surface area contributed by atoms with E-state index < -0.39 is 0 Å². The van der Waals surface area contributed by atoms with Gasteiger partial charge in [0.1, 0.15) is 6.10 Å². The van der Waals surface area contributed by atoms with Crippen LogP contribution in [0.1, 0.15) is 32.6 Å². The van der Waals surface area contributed by atoms with Crippen LogP contribution in [0.2, 0.25) is 0 Å². The molecular weight excluding hydrogens is 168 g/mol. The molecule has 0 N–H and O–H groups in total. The van der Waals surface area contributed by atoms with Crippen molar-refractivity contribution in [3.05, 3.63) is 12.3 Å². The molecule has 0 bridgehead atoms. The average molecular weight is 184 g/mol. The van der Waals surface area contributed by atoms with Gasteiger partial charge in [-0.3, -0.25) is 4.79 Å². The molecule has 0 amide bonds. The summed E-state index contributed by atoms with van der Waals surface area (Å²) < 4.78 is 10.2. The highest BCUT2D eigenvalue weighted by molar-refractivity contribution is 5.71. The Hall–Kier alpha value is -0.990. The van der Waals surface area contributed by atoms with Gasteiger partial charge >= 0.3 is 5.97 Å². The van der Waals surface area contributed by atoms with Crippen LogP contribution >= 0.6 is 0 Å². The topological polar surface area (TPSA) is 35.5 Å². The maximum atomic E-state index is 10.7. The van der Waals surface area contributed by atoms with Crippen molar-refractivity contribution in [1.82, 2.24) is 0 Å². The molecule has 0 aromatic heterocycles. The molecule has 0 saturated carbocycles. The maximum Gasteiger partial charge on any atom is 0.306 e. The van der Waals surface area contributed by atoms with E-state index in [-0.39, 0.29) is 12.1 Å². The van der Waals surface area contributed by atoms with Crippen molar-refractivity contribution in [3.8, 4) is 0 Å². The first-order chi connectivity index (χ1) is 6.18. The Morgan fingerprint density at radius 3 is 3.08 bits per heavy atom. The lowest BCUT2D eigenvalue weighted by Gasteiger charge is -2.09. The van der Waals surface area contributed by atoms with Crippen LogP contribution in [0.3, 0.4) is 0 Å². The summed E-state index contributed by atoms with van der Waals surface area (Å²) in [4.78, 5) is 10.7. The molecule has 3 heteroatoms. The Labute approximate surface area is 78.7 Å². The van der Waals surface area contributed by atoms with Crippen LogP contribution in [0.15, 0.2) is 12.3 Å². The van der Waals surface area contributed by atoms with Gasteiger partial charge in [0.05, 0.1) is 12.4 Å². The fourth-order valence-electron chi connectivity index (χ4n) is 1.34. The summed E-state index contributed by atoms with van der Waals surface area (Å²) in [6.45, 7) is 6.13. The predicted octanol–water partition coefficient (Wildman–Crippen LogP) is 2.02. The lowest BCUT2D eigenvalue weighted by molar-refractivity contribution is -0.141. The standard InChI is InChI=1S/C10H16O3/c1-8(2)12-7-3-4-9-5-6-10(11)13-9/h9H,1,3-7H2,2H3. The fraction of sp³-hybridized carbons (Fsp3) is 0.700. The van der Waals surface area contributed by atoms with Crippen molar-refractivity contribution in [2.45, 2.75) is 38.7 Å². The molecule has 0 spiro atoms. The van der Waals surface area contributed by atoms with Gasteiger partial charge in [-0.25, -0.2) is 0 Å². The van der Waals surface area contributed by atoms with Gasteiger partial charge in [0, 0.05) is 6.42 Å². The Balaban J connectivity index is 2.00. The monoisotopic (exact) mass is 184 g/mol. The second-order valence-corrected chi connectivity index (χ2v) is 3.34. The van der Waals surface area contributed by atoms with E-state index in [0.717, 1.165) is 25.0 Å². The quantitative estimate of drug-likeness (QED) is 0.372. The molecule has 13 heavy (non-hydrogen) atoms.